The van der Waals surface area contributed by atoms with Crippen LogP contribution < -0.4 is 0 Å². The Morgan fingerprint density at radius 2 is 2.00 bits per heavy atom. The van der Waals surface area contributed by atoms with Gasteiger partial charge >= 0.3 is 0 Å². The molecule has 0 aromatic heterocycles. The second-order valence-electron chi connectivity index (χ2n) is 2.75. The maximum atomic E-state index is 9.23. The van der Waals surface area contributed by atoms with E-state index in [1.807, 2.05) is 49.4 Å². The number of hydrogen-bond acceptors (Lipinski definition) is 1. The molecule has 1 aromatic carbocycles. The fraction of sp³-hybridized carbons (Fsp3) is 0.273. The van der Waals surface area contributed by atoms with E-state index >= 15 is 0 Å². The van der Waals surface area contributed by atoms with E-state index in [1.165, 1.54) is 0 Å². The van der Waals surface area contributed by atoms with Gasteiger partial charge in [-0.3, -0.25) is 0 Å². The van der Waals surface area contributed by atoms with E-state index in [9.17, 15) is 5.11 Å². The first-order valence-electron chi connectivity index (χ1n) is 4.24. The second-order valence-corrected chi connectivity index (χ2v) is 2.75. The van der Waals surface area contributed by atoms with Gasteiger partial charge in [0, 0.05) is 0 Å². The largest absolute Gasteiger partial charge is 0.389 e. The standard InChI is InChI=1S/C11H14O/c1-2-11(12)9-8-10-6-4-3-5-7-10/h3-9,11-12H,2H2,1H3/t11-/m1/s1. The Bertz CT molecular complexity index is 238. The maximum Gasteiger partial charge on any atom is 0.0721 e. The van der Waals surface area contributed by atoms with Crippen molar-refractivity contribution in [3.05, 3.63) is 42.0 Å². The second kappa shape index (κ2) is 4.73. The summed E-state index contributed by atoms with van der Waals surface area (Å²) >= 11 is 0. The Kier molecular flexibility index (Phi) is 3.55. The first-order valence-corrected chi connectivity index (χ1v) is 4.24. The van der Waals surface area contributed by atoms with Gasteiger partial charge in [-0.25, -0.2) is 0 Å². The summed E-state index contributed by atoms with van der Waals surface area (Å²) in [4.78, 5) is 0. The third kappa shape index (κ3) is 2.89. The molecule has 1 aromatic rings. The van der Waals surface area contributed by atoms with E-state index < -0.39 is 0 Å². The lowest BCUT2D eigenvalue weighted by Crippen LogP contribution is -1.97. The number of benzene rings is 1. The molecule has 1 heteroatoms. The van der Waals surface area contributed by atoms with Crippen LogP contribution in [0.2, 0.25) is 0 Å². The zero-order chi connectivity index (χ0) is 8.81. The molecule has 0 heterocycles. The fourth-order valence-corrected chi connectivity index (χ4v) is 0.922. The Labute approximate surface area is 73.4 Å². The molecular formula is C11H14O. The van der Waals surface area contributed by atoms with Crippen LogP contribution in [0, 0.1) is 0 Å². The van der Waals surface area contributed by atoms with Gasteiger partial charge in [-0.05, 0) is 12.0 Å². The molecule has 1 nitrogen and oxygen atoms in total. The van der Waals surface area contributed by atoms with Gasteiger partial charge in [0.05, 0.1) is 6.10 Å². The highest BCUT2D eigenvalue weighted by atomic mass is 16.3. The third-order valence-corrected chi connectivity index (χ3v) is 1.73. The topological polar surface area (TPSA) is 20.2 Å². The van der Waals surface area contributed by atoms with E-state index in [-0.39, 0.29) is 6.10 Å². The predicted molar refractivity (Wildman–Crippen MR) is 51.8 cm³/mol. The van der Waals surface area contributed by atoms with Gasteiger partial charge in [-0.1, -0.05) is 49.4 Å². The molecule has 0 aliphatic carbocycles. The van der Waals surface area contributed by atoms with Gasteiger partial charge in [-0.2, -0.15) is 0 Å². The van der Waals surface area contributed by atoms with Crippen LogP contribution in [0.5, 0.6) is 0 Å². The van der Waals surface area contributed by atoms with Crippen molar-refractivity contribution in [3.63, 3.8) is 0 Å². The van der Waals surface area contributed by atoms with Crippen molar-refractivity contribution in [1.29, 1.82) is 0 Å². The molecule has 0 spiro atoms. The van der Waals surface area contributed by atoms with Crippen LogP contribution >= 0.6 is 0 Å². The van der Waals surface area contributed by atoms with Crippen LogP contribution in [-0.4, -0.2) is 11.2 Å². The zero-order valence-corrected chi connectivity index (χ0v) is 7.27. The summed E-state index contributed by atoms with van der Waals surface area (Å²) in [6, 6.07) is 9.97. The SMILES string of the molecule is CC[C@@H](O)C=Cc1ccccc1. The summed E-state index contributed by atoms with van der Waals surface area (Å²) in [5.41, 5.74) is 1.13. The molecule has 12 heavy (non-hydrogen) atoms. The van der Waals surface area contributed by atoms with Crippen LogP contribution in [-0.2, 0) is 0 Å². The maximum absolute atomic E-state index is 9.23. The lowest BCUT2D eigenvalue weighted by molar-refractivity contribution is 0.220. The summed E-state index contributed by atoms with van der Waals surface area (Å²) in [6.45, 7) is 1.96. The molecular weight excluding hydrogens is 148 g/mol. The molecule has 0 saturated carbocycles. The lowest BCUT2D eigenvalue weighted by atomic mass is 10.2. The fourth-order valence-electron chi connectivity index (χ4n) is 0.922. The number of aliphatic hydroxyl groups excluding tert-OH is 1. The highest BCUT2D eigenvalue weighted by Crippen LogP contribution is 2.02. The molecule has 64 valence electrons. The van der Waals surface area contributed by atoms with E-state index in [0.717, 1.165) is 12.0 Å². The molecule has 0 bridgehead atoms. The predicted octanol–water partition coefficient (Wildman–Crippen LogP) is 2.47. The minimum atomic E-state index is -0.315. The van der Waals surface area contributed by atoms with Gasteiger partial charge in [-0.15, -0.1) is 0 Å². The van der Waals surface area contributed by atoms with Gasteiger partial charge in [0.25, 0.3) is 0 Å². The minimum Gasteiger partial charge on any atom is -0.389 e. The number of hydrogen-bond donors (Lipinski definition) is 1. The van der Waals surface area contributed by atoms with Crippen LogP contribution in [0.25, 0.3) is 6.08 Å². The van der Waals surface area contributed by atoms with Crippen molar-refractivity contribution in [2.45, 2.75) is 19.4 Å². The summed E-state index contributed by atoms with van der Waals surface area (Å²) in [5.74, 6) is 0. The number of rotatable bonds is 3. The molecule has 0 amide bonds. The van der Waals surface area contributed by atoms with Crippen molar-refractivity contribution >= 4 is 6.08 Å². The first-order chi connectivity index (χ1) is 5.83. The Balaban J connectivity index is 2.58. The average molecular weight is 162 g/mol. The molecule has 0 aliphatic heterocycles. The monoisotopic (exact) mass is 162 g/mol. The molecule has 1 rings (SSSR count). The third-order valence-electron chi connectivity index (χ3n) is 1.73. The van der Waals surface area contributed by atoms with Gasteiger partial charge in [0.2, 0.25) is 0 Å². The summed E-state index contributed by atoms with van der Waals surface area (Å²) in [6.07, 6.45) is 4.21. The Morgan fingerprint density at radius 1 is 1.33 bits per heavy atom. The smallest absolute Gasteiger partial charge is 0.0721 e. The van der Waals surface area contributed by atoms with Crippen molar-refractivity contribution < 1.29 is 5.11 Å². The average Bonchev–Trinajstić information content (AvgIpc) is 2.16. The van der Waals surface area contributed by atoms with Crippen LogP contribution in [0.3, 0.4) is 0 Å². The summed E-state index contributed by atoms with van der Waals surface area (Å²) in [5, 5.41) is 9.23. The van der Waals surface area contributed by atoms with E-state index in [4.69, 9.17) is 0 Å². The Hall–Kier alpha value is -1.08. The van der Waals surface area contributed by atoms with Crippen LogP contribution in [0.1, 0.15) is 18.9 Å². The first kappa shape index (κ1) is 9.01. The molecule has 0 aliphatic rings. The van der Waals surface area contributed by atoms with Crippen molar-refractivity contribution in [2.24, 2.45) is 0 Å². The van der Waals surface area contributed by atoms with Crippen LogP contribution in [0.4, 0.5) is 0 Å². The summed E-state index contributed by atoms with van der Waals surface area (Å²) < 4.78 is 0. The van der Waals surface area contributed by atoms with Crippen molar-refractivity contribution in [3.8, 4) is 0 Å². The molecule has 0 saturated heterocycles. The van der Waals surface area contributed by atoms with Gasteiger partial charge < -0.3 is 5.11 Å². The quantitative estimate of drug-likeness (QED) is 0.724. The molecule has 0 unspecified atom stereocenters. The summed E-state index contributed by atoms with van der Waals surface area (Å²) in [7, 11) is 0. The zero-order valence-electron chi connectivity index (χ0n) is 7.27. The molecule has 0 radical (unpaired) electrons. The van der Waals surface area contributed by atoms with E-state index in [2.05, 4.69) is 0 Å². The molecule has 0 fully saturated rings. The highest BCUT2D eigenvalue weighted by Gasteiger charge is 1.91. The van der Waals surface area contributed by atoms with E-state index in [1.54, 1.807) is 0 Å². The normalized spacial score (nSPS) is 13.5. The molecule has 1 atom stereocenters. The van der Waals surface area contributed by atoms with Gasteiger partial charge in [0.1, 0.15) is 0 Å². The minimum absolute atomic E-state index is 0.315. The molecule has 1 N–H and O–H groups in total. The van der Waals surface area contributed by atoms with Crippen molar-refractivity contribution in [1.82, 2.24) is 0 Å². The highest BCUT2D eigenvalue weighted by molar-refractivity contribution is 5.49. The van der Waals surface area contributed by atoms with Crippen molar-refractivity contribution in [2.75, 3.05) is 0 Å². The van der Waals surface area contributed by atoms with Gasteiger partial charge in [0.15, 0.2) is 0 Å². The number of aliphatic hydroxyl groups is 1. The van der Waals surface area contributed by atoms with E-state index in [0.29, 0.717) is 0 Å². The van der Waals surface area contributed by atoms with Crippen LogP contribution in [0.15, 0.2) is 36.4 Å². The Morgan fingerprint density at radius 3 is 2.58 bits per heavy atom. The lowest BCUT2D eigenvalue weighted by Gasteiger charge is -1.98.